The first-order valence-corrected chi connectivity index (χ1v) is 4.89. The maximum Gasteiger partial charge on any atom is 0.407 e. The molecule has 0 saturated heterocycles. The number of carboxylic acid groups (broad SMARTS) is 1. The van der Waals surface area contributed by atoms with Gasteiger partial charge in [0.05, 0.1) is 5.92 Å². The number of rotatable bonds is 4. The van der Waals surface area contributed by atoms with Crippen LogP contribution in [-0.2, 0) is 9.53 Å². The Labute approximate surface area is 95.2 Å². The second-order valence-electron chi connectivity index (χ2n) is 4.33. The second-order valence-corrected chi connectivity index (χ2v) is 4.33. The van der Waals surface area contributed by atoms with Crippen molar-refractivity contribution in [3.05, 3.63) is 0 Å². The summed E-state index contributed by atoms with van der Waals surface area (Å²) < 4.78 is 4.95. The average molecular weight is 227 g/mol. The Hall–Kier alpha value is -1.70. The van der Waals surface area contributed by atoms with Gasteiger partial charge in [0, 0.05) is 13.0 Å². The van der Waals surface area contributed by atoms with Crippen LogP contribution in [0.3, 0.4) is 0 Å². The first-order valence-electron chi connectivity index (χ1n) is 4.89. The number of alkyl carbamates (subject to hydrolysis) is 1. The Morgan fingerprint density at radius 1 is 1.50 bits per heavy atom. The number of nitrogens with one attached hydrogen (secondary N) is 1. The van der Waals surface area contributed by atoms with Crippen LogP contribution in [0.5, 0.6) is 0 Å². The van der Waals surface area contributed by atoms with Gasteiger partial charge in [-0.3, -0.25) is 4.79 Å². The molecule has 0 saturated carbocycles. The highest BCUT2D eigenvalue weighted by Crippen LogP contribution is 2.07. The summed E-state index contributed by atoms with van der Waals surface area (Å²) in [5, 5.41) is 11.1. The van der Waals surface area contributed by atoms with Crippen molar-refractivity contribution in [1.82, 2.24) is 5.32 Å². The van der Waals surface area contributed by atoms with Crippen LogP contribution in [0, 0.1) is 18.3 Å². The van der Waals surface area contributed by atoms with Crippen LogP contribution in [0.25, 0.3) is 0 Å². The third kappa shape index (κ3) is 6.71. The lowest BCUT2D eigenvalue weighted by Crippen LogP contribution is -2.37. The van der Waals surface area contributed by atoms with E-state index in [4.69, 9.17) is 16.3 Å². The highest BCUT2D eigenvalue weighted by Gasteiger charge is 2.20. The summed E-state index contributed by atoms with van der Waals surface area (Å²) in [6, 6.07) is 0. The summed E-state index contributed by atoms with van der Waals surface area (Å²) in [5.41, 5.74) is -0.602. The molecule has 0 spiro atoms. The molecule has 0 aliphatic heterocycles. The van der Waals surface area contributed by atoms with Gasteiger partial charge in [0.2, 0.25) is 0 Å². The quantitative estimate of drug-likeness (QED) is 0.708. The largest absolute Gasteiger partial charge is 0.481 e. The summed E-state index contributed by atoms with van der Waals surface area (Å²) in [6.07, 6.45) is 4.45. The third-order valence-electron chi connectivity index (χ3n) is 1.61. The Morgan fingerprint density at radius 2 is 2.06 bits per heavy atom. The molecule has 0 fully saturated rings. The van der Waals surface area contributed by atoms with Crippen molar-refractivity contribution in [2.75, 3.05) is 6.54 Å². The molecule has 16 heavy (non-hydrogen) atoms. The summed E-state index contributed by atoms with van der Waals surface area (Å²) in [5.74, 6) is 0.435. The van der Waals surface area contributed by atoms with E-state index in [0.29, 0.717) is 0 Å². The minimum atomic E-state index is -1.03. The van der Waals surface area contributed by atoms with E-state index >= 15 is 0 Å². The molecule has 0 heterocycles. The summed E-state index contributed by atoms with van der Waals surface area (Å²) >= 11 is 0. The van der Waals surface area contributed by atoms with Gasteiger partial charge in [-0.1, -0.05) is 0 Å². The van der Waals surface area contributed by atoms with E-state index in [0.717, 1.165) is 0 Å². The van der Waals surface area contributed by atoms with Gasteiger partial charge in [-0.15, -0.1) is 12.3 Å². The standard InChI is InChI=1S/C11H17NO4/c1-5-6-8(9(13)14)7-12-10(15)16-11(2,3)4/h1,8H,6-7H2,2-4H3,(H,12,15)(H,13,14). The van der Waals surface area contributed by atoms with Gasteiger partial charge in [0.25, 0.3) is 0 Å². The third-order valence-corrected chi connectivity index (χ3v) is 1.61. The molecule has 0 aromatic rings. The summed E-state index contributed by atoms with van der Waals surface area (Å²) in [7, 11) is 0. The molecule has 2 N–H and O–H groups in total. The lowest BCUT2D eigenvalue weighted by atomic mass is 10.1. The van der Waals surface area contributed by atoms with E-state index in [9.17, 15) is 9.59 Å². The van der Waals surface area contributed by atoms with E-state index in [-0.39, 0.29) is 13.0 Å². The van der Waals surface area contributed by atoms with Crippen molar-refractivity contribution < 1.29 is 19.4 Å². The molecule has 0 aromatic carbocycles. The van der Waals surface area contributed by atoms with Gasteiger partial charge in [-0.25, -0.2) is 4.79 Å². The van der Waals surface area contributed by atoms with Crippen LogP contribution in [0.1, 0.15) is 27.2 Å². The van der Waals surface area contributed by atoms with E-state index < -0.39 is 23.6 Å². The molecule has 0 aliphatic rings. The summed E-state index contributed by atoms with van der Waals surface area (Å²) in [4.78, 5) is 21.9. The molecular formula is C11H17NO4. The molecule has 0 bridgehead atoms. The van der Waals surface area contributed by atoms with Gasteiger partial charge in [-0.2, -0.15) is 0 Å². The number of aliphatic carboxylic acids is 1. The average Bonchev–Trinajstić information content (AvgIpc) is 2.08. The SMILES string of the molecule is C#CCC(CNC(=O)OC(C)(C)C)C(=O)O. The van der Waals surface area contributed by atoms with Crippen molar-refractivity contribution >= 4 is 12.1 Å². The zero-order valence-corrected chi connectivity index (χ0v) is 9.74. The molecule has 1 amide bonds. The number of carbonyl (C=O) groups is 2. The van der Waals surface area contributed by atoms with Crippen LogP contribution >= 0.6 is 0 Å². The number of carboxylic acids is 1. The molecule has 0 aromatic heterocycles. The van der Waals surface area contributed by atoms with Crippen molar-refractivity contribution in [2.24, 2.45) is 5.92 Å². The van der Waals surface area contributed by atoms with E-state index in [2.05, 4.69) is 11.2 Å². The lowest BCUT2D eigenvalue weighted by molar-refractivity contribution is -0.141. The highest BCUT2D eigenvalue weighted by atomic mass is 16.6. The zero-order chi connectivity index (χ0) is 12.8. The van der Waals surface area contributed by atoms with E-state index in [1.165, 1.54) is 0 Å². The van der Waals surface area contributed by atoms with Crippen LogP contribution in [0.2, 0.25) is 0 Å². The monoisotopic (exact) mass is 227 g/mol. The molecule has 5 heteroatoms. The number of terminal acetylenes is 1. The Balaban J connectivity index is 4.08. The van der Waals surface area contributed by atoms with Crippen LogP contribution in [0.4, 0.5) is 4.79 Å². The predicted octanol–water partition coefficient (Wildman–Crippen LogP) is 1.24. The number of hydrogen-bond donors (Lipinski definition) is 2. The molecule has 1 atom stereocenters. The second kappa shape index (κ2) is 6.01. The minimum Gasteiger partial charge on any atom is -0.481 e. The number of carbonyl (C=O) groups excluding carboxylic acids is 1. The zero-order valence-electron chi connectivity index (χ0n) is 9.74. The maximum atomic E-state index is 11.2. The van der Waals surface area contributed by atoms with Gasteiger partial charge >= 0.3 is 12.1 Å². The molecule has 1 unspecified atom stereocenters. The first-order chi connectivity index (χ1) is 7.26. The minimum absolute atomic E-state index is 0.0333. The van der Waals surface area contributed by atoms with Gasteiger partial charge in [0.1, 0.15) is 5.60 Å². The smallest absolute Gasteiger partial charge is 0.407 e. The highest BCUT2D eigenvalue weighted by molar-refractivity contribution is 5.73. The van der Waals surface area contributed by atoms with Gasteiger partial charge < -0.3 is 15.2 Å². The van der Waals surface area contributed by atoms with Crippen LogP contribution < -0.4 is 5.32 Å². The number of amides is 1. The van der Waals surface area contributed by atoms with Crippen molar-refractivity contribution in [1.29, 1.82) is 0 Å². The van der Waals surface area contributed by atoms with Crippen molar-refractivity contribution in [3.8, 4) is 12.3 Å². The van der Waals surface area contributed by atoms with Crippen LogP contribution in [-0.4, -0.2) is 29.3 Å². The van der Waals surface area contributed by atoms with Crippen molar-refractivity contribution in [3.63, 3.8) is 0 Å². The molecule has 90 valence electrons. The normalized spacial score (nSPS) is 12.4. The van der Waals surface area contributed by atoms with E-state index in [1.54, 1.807) is 20.8 Å². The Bertz CT molecular complexity index is 298. The fourth-order valence-corrected chi connectivity index (χ4v) is 0.910. The topological polar surface area (TPSA) is 75.6 Å². The van der Waals surface area contributed by atoms with Crippen LogP contribution in [0.15, 0.2) is 0 Å². The lowest BCUT2D eigenvalue weighted by Gasteiger charge is -2.20. The predicted molar refractivity (Wildman–Crippen MR) is 58.8 cm³/mol. The number of ether oxygens (including phenoxy) is 1. The summed E-state index contributed by atoms with van der Waals surface area (Å²) in [6.45, 7) is 5.14. The molecular weight excluding hydrogens is 210 g/mol. The van der Waals surface area contributed by atoms with E-state index in [1.807, 2.05) is 0 Å². The van der Waals surface area contributed by atoms with Gasteiger partial charge in [0.15, 0.2) is 0 Å². The Kier molecular flexibility index (Phi) is 5.37. The fourth-order valence-electron chi connectivity index (χ4n) is 0.910. The molecule has 0 rings (SSSR count). The molecule has 0 radical (unpaired) electrons. The molecule has 5 nitrogen and oxygen atoms in total. The first kappa shape index (κ1) is 14.3. The van der Waals surface area contributed by atoms with Gasteiger partial charge in [-0.05, 0) is 20.8 Å². The maximum absolute atomic E-state index is 11.2. The number of hydrogen-bond acceptors (Lipinski definition) is 3. The molecule has 0 aliphatic carbocycles. The van der Waals surface area contributed by atoms with Crippen molar-refractivity contribution in [2.45, 2.75) is 32.8 Å². The fraction of sp³-hybridized carbons (Fsp3) is 0.636. The Morgan fingerprint density at radius 3 is 2.44 bits per heavy atom.